The number of benzene rings is 1. The Morgan fingerprint density at radius 2 is 1.86 bits per heavy atom. The zero-order valence-corrected chi connectivity index (χ0v) is 20.3. The molecule has 1 saturated heterocycles. The first-order valence-electron chi connectivity index (χ1n) is 11.9. The molecule has 6 rings (SSSR count). The lowest BCUT2D eigenvalue weighted by molar-refractivity contribution is -0.125. The van der Waals surface area contributed by atoms with Crippen molar-refractivity contribution in [3.05, 3.63) is 66.2 Å². The van der Waals surface area contributed by atoms with E-state index in [1.54, 1.807) is 18.3 Å². The minimum Gasteiger partial charge on any atom is -0.368 e. The fourth-order valence-corrected chi connectivity index (χ4v) is 6.43. The van der Waals surface area contributed by atoms with E-state index in [0.717, 1.165) is 41.8 Å². The molecule has 36 heavy (non-hydrogen) atoms. The largest absolute Gasteiger partial charge is 0.368 e. The lowest BCUT2D eigenvalue weighted by atomic mass is 10.0. The van der Waals surface area contributed by atoms with E-state index in [2.05, 4.69) is 26.4 Å². The van der Waals surface area contributed by atoms with E-state index in [-0.39, 0.29) is 23.8 Å². The maximum atomic E-state index is 13.3. The monoisotopic (exact) mass is 499 g/mol. The molecule has 1 aliphatic carbocycles. The predicted octanol–water partition coefficient (Wildman–Crippen LogP) is 3.98. The number of likely N-dealkylation sites (tertiary alicyclic amines) is 1. The summed E-state index contributed by atoms with van der Waals surface area (Å²) in [6.45, 7) is 5.13. The molecule has 1 saturated carbocycles. The van der Waals surface area contributed by atoms with Crippen LogP contribution in [-0.2, 0) is 4.79 Å². The van der Waals surface area contributed by atoms with Gasteiger partial charge in [0.25, 0.3) is 5.91 Å². The lowest BCUT2D eigenvalue weighted by Crippen LogP contribution is -2.28. The van der Waals surface area contributed by atoms with Crippen molar-refractivity contribution in [3.8, 4) is 10.6 Å². The highest BCUT2D eigenvalue weighted by atomic mass is 32.1. The number of rotatable bonds is 5. The molecule has 10 heteroatoms. The van der Waals surface area contributed by atoms with E-state index in [1.165, 1.54) is 17.4 Å². The highest BCUT2D eigenvalue weighted by Crippen LogP contribution is 2.46. The van der Waals surface area contributed by atoms with Crippen molar-refractivity contribution in [2.75, 3.05) is 24.1 Å². The van der Waals surface area contributed by atoms with Crippen LogP contribution in [0.25, 0.3) is 21.6 Å². The molecule has 9 nitrogen and oxygen atoms in total. The molecule has 2 amide bonds. The van der Waals surface area contributed by atoms with Gasteiger partial charge in [-0.25, -0.2) is 15.0 Å². The van der Waals surface area contributed by atoms with Crippen LogP contribution in [0.3, 0.4) is 0 Å². The molecule has 0 bridgehead atoms. The van der Waals surface area contributed by atoms with Crippen LogP contribution < -0.4 is 11.1 Å². The van der Waals surface area contributed by atoms with Crippen molar-refractivity contribution >= 4 is 46.1 Å². The number of imidazole rings is 1. The van der Waals surface area contributed by atoms with E-state index >= 15 is 0 Å². The summed E-state index contributed by atoms with van der Waals surface area (Å²) in [6.07, 6.45) is 4.87. The van der Waals surface area contributed by atoms with Crippen LogP contribution in [-0.4, -0.2) is 49.3 Å². The fraction of sp³-hybridized carbons (Fsp3) is 0.269. The molecule has 0 spiro atoms. The van der Waals surface area contributed by atoms with Gasteiger partial charge in [-0.15, -0.1) is 11.3 Å². The third-order valence-electron chi connectivity index (χ3n) is 7.16. The van der Waals surface area contributed by atoms with Gasteiger partial charge < -0.3 is 15.2 Å². The Labute approximate surface area is 211 Å². The molecule has 3 N–H and O–H groups in total. The topological polar surface area (TPSA) is 119 Å². The molecule has 0 radical (unpaired) electrons. The van der Waals surface area contributed by atoms with Crippen molar-refractivity contribution in [2.45, 2.75) is 18.9 Å². The predicted molar refractivity (Wildman–Crippen MR) is 139 cm³/mol. The molecule has 3 aromatic heterocycles. The summed E-state index contributed by atoms with van der Waals surface area (Å²) in [5.74, 6) is 1.39. The Hall–Kier alpha value is -4.05. The molecule has 1 aromatic carbocycles. The Morgan fingerprint density at radius 3 is 2.61 bits per heavy atom. The van der Waals surface area contributed by atoms with Gasteiger partial charge in [0.05, 0.1) is 26.5 Å². The quantitative estimate of drug-likeness (QED) is 0.401. The Bertz CT molecular complexity index is 1480. The van der Waals surface area contributed by atoms with Gasteiger partial charge in [-0.05, 0) is 61.1 Å². The van der Waals surface area contributed by atoms with Crippen molar-refractivity contribution in [3.63, 3.8) is 0 Å². The van der Waals surface area contributed by atoms with Crippen LogP contribution in [0.5, 0.6) is 0 Å². The van der Waals surface area contributed by atoms with Crippen molar-refractivity contribution in [2.24, 2.45) is 11.8 Å². The van der Waals surface area contributed by atoms with Crippen LogP contribution in [0.2, 0.25) is 0 Å². The normalized spacial score (nSPS) is 21.0. The first-order valence-corrected chi connectivity index (χ1v) is 12.7. The minimum atomic E-state index is -0.217. The maximum absolute atomic E-state index is 13.3. The highest BCUT2D eigenvalue weighted by Gasteiger charge is 2.43. The summed E-state index contributed by atoms with van der Waals surface area (Å²) in [4.78, 5) is 41.6. The number of carbonyl (C=O) groups excluding carboxylic acids is 2. The number of anilines is 2. The van der Waals surface area contributed by atoms with Gasteiger partial charge in [0.2, 0.25) is 17.8 Å². The third kappa shape index (κ3) is 3.93. The summed E-state index contributed by atoms with van der Waals surface area (Å²) >= 11 is 1.35. The zero-order chi connectivity index (χ0) is 24.8. The summed E-state index contributed by atoms with van der Waals surface area (Å²) in [7, 11) is 0. The number of fused-ring (bicyclic) bond motifs is 2. The van der Waals surface area contributed by atoms with Crippen molar-refractivity contribution in [1.29, 1.82) is 0 Å². The van der Waals surface area contributed by atoms with Crippen LogP contribution in [0.1, 0.15) is 28.6 Å². The van der Waals surface area contributed by atoms with Crippen molar-refractivity contribution in [1.82, 2.24) is 24.4 Å². The summed E-state index contributed by atoms with van der Waals surface area (Å²) in [5.41, 5.74) is 8.23. The Morgan fingerprint density at radius 1 is 1.08 bits per heavy atom. The second kappa shape index (κ2) is 8.87. The number of para-hydroxylation sites is 2. The van der Waals surface area contributed by atoms with Crippen LogP contribution in [0, 0.1) is 11.8 Å². The summed E-state index contributed by atoms with van der Waals surface area (Å²) < 4.78 is 2.17. The van der Waals surface area contributed by atoms with Gasteiger partial charge in [0, 0.05) is 25.3 Å². The summed E-state index contributed by atoms with van der Waals surface area (Å²) in [5, 5.41) is 3.06. The average Bonchev–Trinajstić information content (AvgIpc) is 3.64. The van der Waals surface area contributed by atoms with Gasteiger partial charge in [-0.1, -0.05) is 18.7 Å². The van der Waals surface area contributed by atoms with E-state index in [0.29, 0.717) is 28.4 Å². The number of thiophene rings is 1. The van der Waals surface area contributed by atoms with Crippen molar-refractivity contribution < 1.29 is 9.59 Å². The molecule has 2 unspecified atom stereocenters. The van der Waals surface area contributed by atoms with E-state index in [9.17, 15) is 9.59 Å². The number of nitrogens with zero attached hydrogens (tertiary/aromatic N) is 5. The number of amides is 2. The zero-order valence-electron chi connectivity index (χ0n) is 19.5. The second-order valence-electron chi connectivity index (χ2n) is 9.30. The number of aromatic nitrogens is 4. The Balaban J connectivity index is 1.26. The van der Waals surface area contributed by atoms with E-state index in [4.69, 9.17) is 10.7 Å². The molecule has 2 fully saturated rings. The maximum Gasteiger partial charge on any atom is 0.268 e. The van der Waals surface area contributed by atoms with E-state index < -0.39 is 0 Å². The third-order valence-corrected chi connectivity index (χ3v) is 8.26. The van der Waals surface area contributed by atoms with Gasteiger partial charge in [-0.3, -0.25) is 14.9 Å². The molecular formula is C26H25N7O2S. The van der Waals surface area contributed by atoms with Gasteiger partial charge >= 0.3 is 0 Å². The first-order chi connectivity index (χ1) is 17.5. The highest BCUT2D eigenvalue weighted by molar-refractivity contribution is 7.17. The number of nitrogen functional groups attached to an aromatic ring is 1. The van der Waals surface area contributed by atoms with E-state index in [1.807, 2.05) is 35.2 Å². The number of hydrogen-bond donors (Lipinski definition) is 2. The van der Waals surface area contributed by atoms with Crippen LogP contribution in [0.15, 0.2) is 61.3 Å². The molecule has 4 aromatic rings. The second-order valence-corrected chi connectivity index (χ2v) is 10.4. The summed E-state index contributed by atoms with van der Waals surface area (Å²) in [6, 6.07) is 13.6. The molecule has 2 aliphatic rings. The number of nitrogens with two attached hydrogens (primary N) is 1. The minimum absolute atomic E-state index is 0.00181. The standard InChI is InChI=1S/C26H25N7O2S/c1-2-23(34)32-13-15-11-17(12-16(15)14-32)33-20-6-4-3-5-18(20)30-26(33)31-24(35)22-8-7-21(36-22)19-9-10-28-25(27)29-19/h2-10,15-17H,1,11-14H2,(H2,27,28,29)(H,30,31,35). The average molecular weight is 500 g/mol. The first kappa shape index (κ1) is 22.4. The smallest absolute Gasteiger partial charge is 0.268 e. The molecule has 2 atom stereocenters. The molecule has 1 aliphatic heterocycles. The van der Waals surface area contributed by atoms with Crippen LogP contribution in [0.4, 0.5) is 11.9 Å². The Kier molecular flexibility index (Phi) is 5.52. The van der Waals surface area contributed by atoms with Gasteiger partial charge in [0.1, 0.15) is 0 Å². The van der Waals surface area contributed by atoms with Gasteiger partial charge in [0.15, 0.2) is 0 Å². The molecule has 182 valence electrons. The SMILES string of the molecule is C=CC(=O)N1CC2CC(n3c(NC(=O)c4ccc(-c5ccnc(N)n5)s4)nc4ccccc43)CC2C1. The van der Waals surface area contributed by atoms with Crippen LogP contribution >= 0.6 is 11.3 Å². The fourth-order valence-electron chi connectivity index (χ4n) is 5.56. The number of nitrogens with one attached hydrogen (secondary N) is 1. The molecular weight excluding hydrogens is 474 g/mol. The lowest BCUT2D eigenvalue weighted by Gasteiger charge is -2.21. The molecule has 4 heterocycles. The van der Waals surface area contributed by atoms with Gasteiger partial charge in [-0.2, -0.15) is 0 Å². The number of hydrogen-bond acceptors (Lipinski definition) is 7. The number of carbonyl (C=O) groups is 2.